The van der Waals surface area contributed by atoms with E-state index in [-0.39, 0.29) is 11.5 Å². The van der Waals surface area contributed by atoms with Crippen molar-refractivity contribution in [1.29, 1.82) is 0 Å². The molecule has 0 heterocycles. The zero-order valence-corrected chi connectivity index (χ0v) is 16.5. The largest absolute Gasteiger partial charge is 0.489 e. The maximum atomic E-state index is 6.06. The van der Waals surface area contributed by atoms with Crippen LogP contribution >= 0.6 is 12.6 Å². The molecule has 0 fully saturated rings. The summed E-state index contributed by atoms with van der Waals surface area (Å²) < 4.78 is 11.9. The van der Waals surface area contributed by atoms with Gasteiger partial charge >= 0.3 is 0 Å². The summed E-state index contributed by atoms with van der Waals surface area (Å²) in [5, 5.41) is 2.48. The van der Waals surface area contributed by atoms with Crippen LogP contribution in [0.3, 0.4) is 0 Å². The second-order valence-corrected chi connectivity index (χ2v) is 7.26. The molecule has 3 aromatic carbocycles. The smallest absolute Gasteiger partial charge is 0.120 e. The standard InChI is InChI=1S/C23H26O2S/c1-17(16-26)23(2,24-3)21-9-6-10-22(14-21)25-15-18-11-12-19-7-4-5-8-20(19)13-18/h4-14,17,26H,15-16H2,1-3H3. The Morgan fingerprint density at radius 3 is 2.46 bits per heavy atom. The molecule has 3 rings (SSSR count). The van der Waals surface area contributed by atoms with Crippen LogP contribution in [-0.4, -0.2) is 12.9 Å². The Hall–Kier alpha value is -1.97. The van der Waals surface area contributed by atoms with Crippen molar-refractivity contribution in [2.75, 3.05) is 12.9 Å². The van der Waals surface area contributed by atoms with Gasteiger partial charge in [0.1, 0.15) is 12.4 Å². The summed E-state index contributed by atoms with van der Waals surface area (Å²) in [6.07, 6.45) is 0. The van der Waals surface area contributed by atoms with E-state index in [1.54, 1.807) is 7.11 Å². The Balaban J connectivity index is 1.77. The molecular formula is C23H26O2S. The van der Waals surface area contributed by atoms with Gasteiger partial charge in [0.15, 0.2) is 0 Å². The molecule has 0 aliphatic rings. The van der Waals surface area contributed by atoms with Crippen LogP contribution in [0, 0.1) is 5.92 Å². The lowest BCUT2D eigenvalue weighted by Crippen LogP contribution is -2.33. The highest BCUT2D eigenvalue weighted by molar-refractivity contribution is 7.80. The van der Waals surface area contributed by atoms with E-state index in [1.165, 1.54) is 10.8 Å². The van der Waals surface area contributed by atoms with Crippen LogP contribution in [-0.2, 0) is 16.9 Å². The highest BCUT2D eigenvalue weighted by atomic mass is 32.1. The van der Waals surface area contributed by atoms with Crippen LogP contribution in [0.15, 0.2) is 66.7 Å². The monoisotopic (exact) mass is 366 g/mol. The predicted octanol–water partition coefficient (Wildman–Crippen LogP) is 5.85. The van der Waals surface area contributed by atoms with Crippen LogP contribution in [0.1, 0.15) is 25.0 Å². The minimum Gasteiger partial charge on any atom is -0.489 e. The quantitative estimate of drug-likeness (QED) is 0.529. The van der Waals surface area contributed by atoms with Crippen molar-refractivity contribution >= 4 is 23.4 Å². The molecular weight excluding hydrogens is 340 g/mol. The first-order chi connectivity index (χ1) is 12.6. The van der Waals surface area contributed by atoms with Gasteiger partial charge in [0.25, 0.3) is 0 Å². The fourth-order valence-corrected chi connectivity index (χ4v) is 3.52. The minimum atomic E-state index is -0.385. The molecule has 26 heavy (non-hydrogen) atoms. The molecule has 0 radical (unpaired) electrons. The summed E-state index contributed by atoms with van der Waals surface area (Å²) in [7, 11) is 1.75. The zero-order chi connectivity index (χ0) is 18.6. The normalized spacial score (nSPS) is 14.8. The lowest BCUT2D eigenvalue weighted by Gasteiger charge is -2.34. The Bertz CT molecular complexity index is 877. The fourth-order valence-electron chi connectivity index (χ4n) is 3.17. The van der Waals surface area contributed by atoms with E-state index >= 15 is 0 Å². The van der Waals surface area contributed by atoms with Gasteiger partial charge in [0, 0.05) is 7.11 Å². The molecule has 0 aromatic heterocycles. The van der Waals surface area contributed by atoms with Gasteiger partial charge in [-0.2, -0.15) is 12.6 Å². The molecule has 0 saturated heterocycles. The van der Waals surface area contributed by atoms with Crippen LogP contribution in [0.4, 0.5) is 0 Å². The third kappa shape index (κ3) is 3.89. The molecule has 2 unspecified atom stereocenters. The van der Waals surface area contributed by atoms with Crippen LogP contribution in [0.25, 0.3) is 10.8 Å². The number of benzene rings is 3. The average molecular weight is 367 g/mol. The molecule has 0 bridgehead atoms. The summed E-state index contributed by atoms with van der Waals surface area (Å²) in [6.45, 7) is 4.80. The average Bonchev–Trinajstić information content (AvgIpc) is 2.71. The summed E-state index contributed by atoms with van der Waals surface area (Å²) in [5.41, 5.74) is 1.88. The van der Waals surface area contributed by atoms with E-state index in [9.17, 15) is 0 Å². The summed E-state index contributed by atoms with van der Waals surface area (Å²) >= 11 is 4.45. The highest BCUT2D eigenvalue weighted by Crippen LogP contribution is 2.35. The number of rotatable bonds is 7. The SMILES string of the molecule is COC(C)(c1cccc(OCc2ccc3ccccc3c2)c1)C(C)CS. The first-order valence-corrected chi connectivity index (χ1v) is 9.57. The topological polar surface area (TPSA) is 18.5 Å². The van der Waals surface area contributed by atoms with Gasteiger partial charge in [-0.15, -0.1) is 0 Å². The maximum absolute atomic E-state index is 6.06. The number of ether oxygens (including phenoxy) is 2. The van der Waals surface area contributed by atoms with E-state index < -0.39 is 0 Å². The Kier molecular flexibility index (Phi) is 5.90. The van der Waals surface area contributed by atoms with Gasteiger partial charge in [-0.3, -0.25) is 0 Å². The van der Waals surface area contributed by atoms with E-state index in [4.69, 9.17) is 9.47 Å². The lowest BCUT2D eigenvalue weighted by atomic mass is 9.84. The van der Waals surface area contributed by atoms with Gasteiger partial charge in [-0.25, -0.2) is 0 Å². The van der Waals surface area contributed by atoms with E-state index in [0.717, 1.165) is 22.6 Å². The van der Waals surface area contributed by atoms with Crippen molar-refractivity contribution in [1.82, 2.24) is 0 Å². The fraction of sp³-hybridized carbons (Fsp3) is 0.304. The maximum Gasteiger partial charge on any atom is 0.120 e. The molecule has 3 aromatic rings. The van der Waals surface area contributed by atoms with Gasteiger partial charge in [0.2, 0.25) is 0 Å². The van der Waals surface area contributed by atoms with Crippen molar-refractivity contribution in [2.24, 2.45) is 5.92 Å². The number of hydrogen-bond acceptors (Lipinski definition) is 3. The molecule has 0 saturated carbocycles. The summed E-state index contributed by atoms with van der Waals surface area (Å²) in [6, 6.07) is 23.0. The van der Waals surface area contributed by atoms with Gasteiger partial charge in [0.05, 0.1) is 5.60 Å². The molecule has 2 atom stereocenters. The molecule has 0 aliphatic heterocycles. The van der Waals surface area contributed by atoms with Crippen LogP contribution < -0.4 is 4.74 Å². The van der Waals surface area contributed by atoms with Crippen molar-refractivity contribution in [2.45, 2.75) is 26.1 Å². The number of fused-ring (bicyclic) bond motifs is 1. The van der Waals surface area contributed by atoms with Crippen LogP contribution in [0.2, 0.25) is 0 Å². The zero-order valence-electron chi connectivity index (χ0n) is 15.6. The molecule has 2 nitrogen and oxygen atoms in total. The third-order valence-corrected chi connectivity index (χ3v) is 5.81. The Labute approximate surface area is 161 Å². The van der Waals surface area contributed by atoms with Crippen molar-refractivity contribution in [3.8, 4) is 5.75 Å². The van der Waals surface area contributed by atoms with Gasteiger partial charge in [-0.05, 0) is 58.7 Å². The van der Waals surface area contributed by atoms with Crippen molar-refractivity contribution in [3.63, 3.8) is 0 Å². The third-order valence-electron chi connectivity index (χ3n) is 5.26. The predicted molar refractivity (Wildman–Crippen MR) is 112 cm³/mol. The Morgan fingerprint density at radius 2 is 1.73 bits per heavy atom. The van der Waals surface area contributed by atoms with Crippen molar-refractivity contribution in [3.05, 3.63) is 77.9 Å². The first-order valence-electron chi connectivity index (χ1n) is 8.94. The highest BCUT2D eigenvalue weighted by Gasteiger charge is 2.32. The minimum absolute atomic E-state index is 0.284. The van der Waals surface area contributed by atoms with Gasteiger partial charge < -0.3 is 9.47 Å². The molecule has 0 amide bonds. The summed E-state index contributed by atoms with van der Waals surface area (Å²) in [5.74, 6) is 1.89. The molecule has 0 N–H and O–H groups in total. The number of thiol groups is 1. The molecule has 0 aliphatic carbocycles. The van der Waals surface area contributed by atoms with E-state index in [0.29, 0.717) is 6.61 Å². The van der Waals surface area contributed by atoms with Crippen LogP contribution in [0.5, 0.6) is 5.75 Å². The summed E-state index contributed by atoms with van der Waals surface area (Å²) in [4.78, 5) is 0. The molecule has 3 heteroatoms. The van der Waals surface area contributed by atoms with E-state index in [1.807, 2.05) is 12.1 Å². The van der Waals surface area contributed by atoms with Gasteiger partial charge in [-0.1, -0.05) is 55.5 Å². The first kappa shape index (κ1) is 18.8. The Morgan fingerprint density at radius 1 is 0.962 bits per heavy atom. The molecule has 0 spiro atoms. The second kappa shape index (κ2) is 8.15. The lowest BCUT2D eigenvalue weighted by molar-refractivity contribution is -0.0357. The second-order valence-electron chi connectivity index (χ2n) is 6.89. The van der Waals surface area contributed by atoms with E-state index in [2.05, 4.69) is 81.1 Å². The number of hydrogen-bond donors (Lipinski definition) is 1. The van der Waals surface area contributed by atoms with Crippen molar-refractivity contribution < 1.29 is 9.47 Å². The molecule has 136 valence electrons. The number of methoxy groups -OCH3 is 1.